The van der Waals surface area contributed by atoms with Gasteiger partial charge in [-0.15, -0.1) is 0 Å². The first kappa shape index (κ1) is 17.6. The van der Waals surface area contributed by atoms with Gasteiger partial charge in [0.15, 0.2) is 0 Å². The molecule has 2 aliphatic heterocycles. The second-order valence-corrected chi connectivity index (χ2v) is 7.71. The number of ether oxygens (including phenoxy) is 2. The smallest absolute Gasteiger partial charge is 0.311 e. The Hall–Kier alpha value is -0.740. The van der Waals surface area contributed by atoms with Gasteiger partial charge in [-0.05, 0) is 19.3 Å². The molecule has 0 bridgehead atoms. The fraction of sp³-hybridized carbons (Fsp3) is 0.923. The SMILES string of the molecule is COCC[C@@]1(C(=O)O)CCCN(S(=O)(=O)N2CCOCC2)C1. The van der Waals surface area contributed by atoms with Crippen molar-refractivity contribution in [3.63, 3.8) is 0 Å². The number of aliphatic carboxylic acids is 1. The number of carbonyl (C=O) groups is 1. The number of rotatable bonds is 6. The summed E-state index contributed by atoms with van der Waals surface area (Å²) < 4.78 is 38.3. The molecule has 2 aliphatic rings. The number of carboxylic acids is 1. The van der Waals surface area contributed by atoms with Crippen molar-refractivity contribution < 1.29 is 27.8 Å². The molecule has 0 aromatic heterocycles. The third kappa shape index (κ3) is 3.60. The van der Waals surface area contributed by atoms with Crippen LogP contribution >= 0.6 is 0 Å². The Morgan fingerprint density at radius 2 is 1.95 bits per heavy atom. The second kappa shape index (κ2) is 7.22. The molecule has 1 atom stereocenters. The third-order valence-corrected chi connectivity index (χ3v) is 6.38. The molecule has 8 nitrogen and oxygen atoms in total. The number of methoxy groups -OCH3 is 1. The zero-order chi connectivity index (χ0) is 16.2. The fourth-order valence-electron chi connectivity index (χ4n) is 3.01. The van der Waals surface area contributed by atoms with Crippen LogP contribution in [0.15, 0.2) is 0 Å². The normalized spacial score (nSPS) is 28.6. The minimum Gasteiger partial charge on any atom is -0.481 e. The molecule has 2 saturated heterocycles. The first-order valence-corrected chi connectivity index (χ1v) is 8.87. The number of nitrogens with zero attached hydrogens (tertiary/aromatic N) is 2. The molecule has 0 aromatic carbocycles. The largest absolute Gasteiger partial charge is 0.481 e. The first-order chi connectivity index (χ1) is 10.4. The van der Waals surface area contributed by atoms with Crippen molar-refractivity contribution in [3.8, 4) is 0 Å². The van der Waals surface area contributed by atoms with Crippen molar-refractivity contribution in [2.75, 3.05) is 53.1 Å². The van der Waals surface area contributed by atoms with Gasteiger partial charge in [0.2, 0.25) is 0 Å². The number of piperidine rings is 1. The van der Waals surface area contributed by atoms with E-state index in [2.05, 4.69) is 0 Å². The minimum absolute atomic E-state index is 0.00534. The highest BCUT2D eigenvalue weighted by Crippen LogP contribution is 2.35. The second-order valence-electron chi connectivity index (χ2n) is 5.78. The van der Waals surface area contributed by atoms with Gasteiger partial charge in [0, 0.05) is 39.9 Å². The lowest BCUT2D eigenvalue weighted by molar-refractivity contribution is -0.152. The highest BCUT2D eigenvalue weighted by Gasteiger charge is 2.46. The average Bonchev–Trinajstić information content (AvgIpc) is 2.54. The van der Waals surface area contributed by atoms with Crippen molar-refractivity contribution in [2.45, 2.75) is 19.3 Å². The van der Waals surface area contributed by atoms with E-state index >= 15 is 0 Å². The van der Waals surface area contributed by atoms with Gasteiger partial charge in [-0.2, -0.15) is 17.0 Å². The Morgan fingerprint density at radius 1 is 1.27 bits per heavy atom. The summed E-state index contributed by atoms with van der Waals surface area (Å²) in [5.74, 6) is -0.952. The van der Waals surface area contributed by atoms with Gasteiger partial charge in [0.1, 0.15) is 0 Å². The van der Waals surface area contributed by atoms with Crippen molar-refractivity contribution >= 4 is 16.2 Å². The lowest BCUT2D eigenvalue weighted by atomic mass is 9.78. The first-order valence-electron chi connectivity index (χ1n) is 7.48. The van der Waals surface area contributed by atoms with Gasteiger partial charge in [0.25, 0.3) is 10.2 Å². The Kier molecular flexibility index (Phi) is 5.78. The van der Waals surface area contributed by atoms with Crippen LogP contribution in [0.25, 0.3) is 0 Å². The highest BCUT2D eigenvalue weighted by atomic mass is 32.2. The van der Waals surface area contributed by atoms with Crippen LogP contribution in [-0.4, -0.2) is 81.2 Å². The summed E-state index contributed by atoms with van der Waals surface area (Å²) >= 11 is 0. The van der Waals surface area contributed by atoms with Crippen molar-refractivity contribution in [2.24, 2.45) is 5.41 Å². The quantitative estimate of drug-likeness (QED) is 0.719. The predicted molar refractivity (Wildman–Crippen MR) is 78.7 cm³/mol. The molecule has 1 N–H and O–H groups in total. The topological polar surface area (TPSA) is 96.4 Å². The number of hydrogen-bond donors (Lipinski definition) is 1. The van der Waals surface area contributed by atoms with Crippen LogP contribution in [0, 0.1) is 5.41 Å². The van der Waals surface area contributed by atoms with Crippen LogP contribution in [-0.2, 0) is 24.5 Å². The van der Waals surface area contributed by atoms with E-state index in [1.54, 1.807) is 0 Å². The predicted octanol–water partition coefficient (Wildman–Crippen LogP) is -0.233. The fourth-order valence-corrected chi connectivity index (χ4v) is 4.72. The molecule has 2 fully saturated rings. The monoisotopic (exact) mass is 336 g/mol. The van der Waals surface area contributed by atoms with E-state index in [0.29, 0.717) is 58.7 Å². The summed E-state index contributed by atoms with van der Waals surface area (Å²) in [7, 11) is -2.12. The lowest BCUT2D eigenvalue weighted by Gasteiger charge is -2.41. The van der Waals surface area contributed by atoms with Crippen LogP contribution in [0.5, 0.6) is 0 Å². The van der Waals surface area contributed by atoms with Crippen LogP contribution in [0.2, 0.25) is 0 Å². The summed E-state index contributed by atoms with van der Waals surface area (Å²) in [5, 5.41) is 9.60. The van der Waals surface area contributed by atoms with Crippen molar-refractivity contribution in [1.82, 2.24) is 8.61 Å². The van der Waals surface area contributed by atoms with E-state index < -0.39 is 21.6 Å². The van der Waals surface area contributed by atoms with Gasteiger partial charge in [-0.25, -0.2) is 0 Å². The standard InChI is InChI=1S/C13H24N2O6S/c1-20-8-4-13(12(16)17)3-2-5-15(11-13)22(18,19)14-6-9-21-10-7-14/h2-11H2,1H3,(H,16,17)/t13-/m0/s1. The van der Waals surface area contributed by atoms with Gasteiger partial charge in [-0.1, -0.05) is 0 Å². The molecule has 0 aliphatic carbocycles. The summed E-state index contributed by atoms with van der Waals surface area (Å²) in [6, 6.07) is 0. The maximum atomic E-state index is 12.7. The summed E-state index contributed by atoms with van der Waals surface area (Å²) in [4.78, 5) is 11.7. The molecule has 0 aromatic rings. The summed E-state index contributed by atoms with van der Waals surface area (Å²) in [6.07, 6.45) is 1.33. The molecular formula is C13H24N2O6S. The van der Waals surface area contributed by atoms with E-state index in [4.69, 9.17) is 9.47 Å². The molecule has 128 valence electrons. The van der Waals surface area contributed by atoms with Crippen LogP contribution in [0.3, 0.4) is 0 Å². The molecule has 0 saturated carbocycles. The zero-order valence-electron chi connectivity index (χ0n) is 12.9. The number of carboxylic acid groups (broad SMARTS) is 1. The molecule has 0 spiro atoms. The van der Waals surface area contributed by atoms with Gasteiger partial charge >= 0.3 is 5.97 Å². The molecule has 2 heterocycles. The van der Waals surface area contributed by atoms with Crippen LogP contribution < -0.4 is 0 Å². The van der Waals surface area contributed by atoms with E-state index in [1.807, 2.05) is 0 Å². The Morgan fingerprint density at radius 3 is 2.55 bits per heavy atom. The molecule has 22 heavy (non-hydrogen) atoms. The van der Waals surface area contributed by atoms with E-state index in [-0.39, 0.29) is 6.54 Å². The molecule has 9 heteroatoms. The molecule has 2 rings (SSSR count). The molecule has 0 radical (unpaired) electrons. The molecule has 0 unspecified atom stereocenters. The van der Waals surface area contributed by atoms with Crippen molar-refractivity contribution in [3.05, 3.63) is 0 Å². The average molecular weight is 336 g/mol. The lowest BCUT2D eigenvalue weighted by Crippen LogP contribution is -2.55. The van der Waals surface area contributed by atoms with E-state index in [0.717, 1.165) is 0 Å². The van der Waals surface area contributed by atoms with Gasteiger partial charge in [0.05, 0.1) is 18.6 Å². The van der Waals surface area contributed by atoms with Gasteiger partial charge < -0.3 is 14.6 Å². The van der Waals surface area contributed by atoms with E-state index in [1.165, 1.54) is 15.7 Å². The highest BCUT2D eigenvalue weighted by molar-refractivity contribution is 7.86. The minimum atomic E-state index is -3.63. The Labute approximate surface area is 131 Å². The zero-order valence-corrected chi connectivity index (χ0v) is 13.7. The van der Waals surface area contributed by atoms with Gasteiger partial charge in [-0.3, -0.25) is 4.79 Å². The number of morpholine rings is 1. The Balaban J connectivity index is 2.15. The molecule has 0 amide bonds. The van der Waals surface area contributed by atoms with Crippen molar-refractivity contribution in [1.29, 1.82) is 0 Å². The number of hydrogen-bond acceptors (Lipinski definition) is 5. The molecular weight excluding hydrogens is 312 g/mol. The Bertz CT molecular complexity index is 491. The van der Waals surface area contributed by atoms with Crippen LogP contribution in [0.1, 0.15) is 19.3 Å². The summed E-state index contributed by atoms with van der Waals surface area (Å²) in [6.45, 7) is 2.06. The summed E-state index contributed by atoms with van der Waals surface area (Å²) in [5.41, 5.74) is -1.06. The van der Waals surface area contributed by atoms with Crippen LogP contribution in [0.4, 0.5) is 0 Å². The third-order valence-electron chi connectivity index (χ3n) is 4.40. The maximum absolute atomic E-state index is 12.7. The van der Waals surface area contributed by atoms with E-state index in [9.17, 15) is 18.3 Å². The maximum Gasteiger partial charge on any atom is 0.311 e.